The summed E-state index contributed by atoms with van der Waals surface area (Å²) in [6, 6.07) is 5.11. The molecule has 1 aromatic carbocycles. The predicted molar refractivity (Wildman–Crippen MR) is 88.9 cm³/mol. The molecule has 0 aliphatic carbocycles. The largest absolute Gasteiger partial charge is 0.388 e. The van der Waals surface area contributed by atoms with E-state index in [4.69, 9.17) is 4.52 Å². The second-order valence-corrected chi connectivity index (χ2v) is 7.62. The van der Waals surface area contributed by atoms with Gasteiger partial charge in [0.25, 0.3) is 0 Å². The van der Waals surface area contributed by atoms with Gasteiger partial charge in [-0.05, 0) is 36.8 Å². The highest BCUT2D eigenvalue weighted by molar-refractivity contribution is 7.90. The summed E-state index contributed by atoms with van der Waals surface area (Å²) in [7, 11) is -4.08. The van der Waals surface area contributed by atoms with Gasteiger partial charge in [-0.2, -0.15) is 0 Å². The molecule has 0 radical (unpaired) electrons. The van der Waals surface area contributed by atoms with Crippen molar-refractivity contribution in [2.75, 3.05) is 6.26 Å². The third-order valence-electron chi connectivity index (χ3n) is 3.83. The Kier molecular flexibility index (Phi) is 4.59. The van der Waals surface area contributed by atoms with Crippen LogP contribution in [0.2, 0.25) is 0 Å². The number of benzene rings is 1. The number of pyridine rings is 1. The first-order valence-corrected chi connectivity index (χ1v) is 9.34. The van der Waals surface area contributed by atoms with Crippen LogP contribution < -0.4 is 0 Å². The molecular formula is C17H14F2N2O4S. The highest BCUT2D eigenvalue weighted by Gasteiger charge is 2.25. The van der Waals surface area contributed by atoms with E-state index in [0.717, 1.165) is 18.4 Å². The van der Waals surface area contributed by atoms with Crippen molar-refractivity contribution in [1.29, 1.82) is 0 Å². The van der Waals surface area contributed by atoms with Gasteiger partial charge in [0.05, 0.1) is 5.56 Å². The molecule has 6 nitrogen and oxygen atoms in total. The molecule has 9 heteroatoms. The molecule has 0 atom stereocenters. The van der Waals surface area contributed by atoms with Gasteiger partial charge in [0.15, 0.2) is 15.6 Å². The minimum Gasteiger partial charge on any atom is -0.388 e. The van der Waals surface area contributed by atoms with Crippen LogP contribution in [-0.2, 0) is 16.4 Å². The second kappa shape index (κ2) is 6.58. The summed E-state index contributed by atoms with van der Waals surface area (Å²) in [6.45, 7) is 1.17. The van der Waals surface area contributed by atoms with Crippen molar-refractivity contribution in [2.45, 2.75) is 18.4 Å². The molecule has 0 saturated heterocycles. The number of sulfone groups is 1. The maximum Gasteiger partial charge on any atom is 0.181 e. The Hall–Kier alpha value is -2.65. The van der Waals surface area contributed by atoms with Gasteiger partial charge in [-0.1, -0.05) is 5.16 Å². The van der Waals surface area contributed by atoms with Crippen molar-refractivity contribution in [1.82, 2.24) is 10.1 Å². The summed E-state index contributed by atoms with van der Waals surface area (Å²) in [6.07, 6.45) is 2.29. The molecule has 3 rings (SSSR count). The lowest BCUT2D eigenvalue weighted by molar-refractivity contribution is 0.230. The Balaban J connectivity index is 2.29. The summed E-state index contributed by atoms with van der Waals surface area (Å²) in [4.78, 5) is 3.12. The third-order valence-corrected chi connectivity index (χ3v) is 4.96. The van der Waals surface area contributed by atoms with Crippen molar-refractivity contribution >= 4 is 9.84 Å². The number of nitrogens with zero attached hydrogens (tertiary/aromatic N) is 2. The van der Waals surface area contributed by atoms with Gasteiger partial charge in [-0.25, -0.2) is 17.2 Å². The fourth-order valence-corrected chi connectivity index (χ4v) is 3.53. The first kappa shape index (κ1) is 18.2. The predicted octanol–water partition coefficient (Wildman–Crippen LogP) is 2.89. The maximum absolute atomic E-state index is 14.3. The fraction of sp³-hybridized carbons (Fsp3) is 0.176. The number of aliphatic hydroxyl groups excluding tert-OH is 1. The molecule has 3 aromatic rings. The zero-order valence-electron chi connectivity index (χ0n) is 13.8. The van der Waals surface area contributed by atoms with Crippen LogP contribution in [0.1, 0.15) is 11.5 Å². The SMILES string of the molecule is Cc1ncccc1-c1noc(CO)c1-c1cc(F)c(S(C)(=O)=O)c(F)c1. The lowest BCUT2D eigenvalue weighted by Gasteiger charge is -2.09. The van der Waals surface area contributed by atoms with E-state index in [2.05, 4.69) is 10.1 Å². The summed E-state index contributed by atoms with van der Waals surface area (Å²) in [5, 5.41) is 13.4. The van der Waals surface area contributed by atoms with E-state index in [1.165, 1.54) is 0 Å². The van der Waals surface area contributed by atoms with E-state index in [-0.39, 0.29) is 22.6 Å². The first-order valence-electron chi connectivity index (χ1n) is 7.45. The van der Waals surface area contributed by atoms with E-state index in [9.17, 15) is 22.3 Å². The van der Waals surface area contributed by atoms with Crippen LogP contribution in [0.4, 0.5) is 8.78 Å². The summed E-state index contributed by atoms with van der Waals surface area (Å²) in [5.74, 6) is -2.47. The van der Waals surface area contributed by atoms with Gasteiger partial charge in [0.2, 0.25) is 0 Å². The molecule has 26 heavy (non-hydrogen) atoms. The second-order valence-electron chi connectivity index (χ2n) is 5.67. The van der Waals surface area contributed by atoms with E-state index in [1.807, 2.05) is 0 Å². The summed E-state index contributed by atoms with van der Waals surface area (Å²) < 4.78 is 56.8. The number of rotatable bonds is 4. The number of aromatic nitrogens is 2. The average molecular weight is 380 g/mol. The van der Waals surface area contributed by atoms with Crippen LogP contribution in [0, 0.1) is 18.6 Å². The van der Waals surface area contributed by atoms with Crippen LogP contribution in [-0.4, -0.2) is 29.9 Å². The van der Waals surface area contributed by atoms with Crippen molar-refractivity contribution in [3.05, 3.63) is 53.6 Å². The molecule has 0 unspecified atom stereocenters. The highest BCUT2D eigenvalue weighted by Crippen LogP contribution is 2.37. The smallest absolute Gasteiger partial charge is 0.181 e. The van der Waals surface area contributed by atoms with Crippen LogP contribution in [0.5, 0.6) is 0 Å². The fourth-order valence-electron chi connectivity index (χ4n) is 2.71. The number of aliphatic hydroxyl groups is 1. The molecule has 1 N–H and O–H groups in total. The maximum atomic E-state index is 14.3. The molecule has 136 valence electrons. The quantitative estimate of drug-likeness (QED) is 0.748. The minimum absolute atomic E-state index is 0.00375. The van der Waals surface area contributed by atoms with E-state index in [1.54, 1.807) is 25.3 Å². The lowest BCUT2D eigenvalue weighted by atomic mass is 9.98. The van der Waals surface area contributed by atoms with Crippen LogP contribution in [0.3, 0.4) is 0 Å². The van der Waals surface area contributed by atoms with Crippen LogP contribution in [0.25, 0.3) is 22.4 Å². The Morgan fingerprint density at radius 2 is 1.88 bits per heavy atom. The molecule has 0 bridgehead atoms. The van der Waals surface area contributed by atoms with Crippen LogP contribution in [0.15, 0.2) is 39.9 Å². The van der Waals surface area contributed by atoms with Gasteiger partial charge in [-0.15, -0.1) is 0 Å². The molecule has 0 saturated carbocycles. The molecule has 0 spiro atoms. The topological polar surface area (TPSA) is 93.3 Å². The number of hydrogen-bond acceptors (Lipinski definition) is 6. The number of halogens is 2. The van der Waals surface area contributed by atoms with E-state index < -0.39 is 33.0 Å². The van der Waals surface area contributed by atoms with Crippen LogP contribution >= 0.6 is 0 Å². The van der Waals surface area contributed by atoms with Crippen molar-refractivity contribution < 1.29 is 26.8 Å². The minimum atomic E-state index is -4.08. The molecule has 0 amide bonds. The van der Waals surface area contributed by atoms with Crippen molar-refractivity contribution in [2.24, 2.45) is 0 Å². The summed E-state index contributed by atoms with van der Waals surface area (Å²) in [5.41, 5.74) is 1.56. The van der Waals surface area contributed by atoms with E-state index in [0.29, 0.717) is 11.3 Å². The van der Waals surface area contributed by atoms with Gasteiger partial charge in [0, 0.05) is 23.7 Å². The number of hydrogen-bond donors (Lipinski definition) is 1. The molecule has 0 fully saturated rings. The molecule has 2 heterocycles. The highest BCUT2D eigenvalue weighted by atomic mass is 32.2. The third kappa shape index (κ3) is 3.11. The normalized spacial score (nSPS) is 11.7. The van der Waals surface area contributed by atoms with E-state index >= 15 is 0 Å². The van der Waals surface area contributed by atoms with Crippen molar-refractivity contribution in [3.63, 3.8) is 0 Å². The van der Waals surface area contributed by atoms with Gasteiger partial charge >= 0.3 is 0 Å². The Morgan fingerprint density at radius 3 is 2.42 bits per heavy atom. The van der Waals surface area contributed by atoms with Gasteiger partial charge in [-0.3, -0.25) is 4.98 Å². The summed E-state index contributed by atoms with van der Waals surface area (Å²) >= 11 is 0. The Labute approximate surface area is 148 Å². The number of aryl methyl sites for hydroxylation is 1. The molecular weight excluding hydrogens is 366 g/mol. The average Bonchev–Trinajstić information content (AvgIpc) is 2.97. The molecule has 2 aromatic heterocycles. The standard InChI is InChI=1S/C17H14F2N2O4S/c1-9-11(4-3-5-20-9)16-15(14(8-22)25-21-16)10-6-12(18)17(13(19)7-10)26(2,23)24/h3-7,22H,8H2,1-2H3. The Bertz CT molecular complexity index is 1070. The lowest BCUT2D eigenvalue weighted by Crippen LogP contribution is -2.05. The Morgan fingerprint density at radius 1 is 1.23 bits per heavy atom. The zero-order valence-corrected chi connectivity index (χ0v) is 14.6. The monoisotopic (exact) mass is 380 g/mol. The zero-order chi connectivity index (χ0) is 19.1. The molecule has 0 aliphatic rings. The molecule has 0 aliphatic heterocycles. The van der Waals surface area contributed by atoms with Gasteiger partial charge < -0.3 is 9.63 Å². The first-order chi connectivity index (χ1) is 12.2. The van der Waals surface area contributed by atoms with Gasteiger partial charge in [0.1, 0.15) is 28.8 Å². The van der Waals surface area contributed by atoms with Crippen molar-refractivity contribution in [3.8, 4) is 22.4 Å².